The average Bonchev–Trinajstić information content (AvgIpc) is 3.23. The molecule has 1 aliphatic rings. The molecule has 166 valence electrons. The number of carboxylic acid groups (broad SMARTS) is 1. The molecule has 33 heavy (non-hydrogen) atoms. The van der Waals surface area contributed by atoms with Crippen LogP contribution in [0, 0.1) is 6.92 Å². The lowest BCUT2D eigenvalue weighted by Crippen LogP contribution is -2.54. The first-order valence-electron chi connectivity index (χ1n) is 9.47. The van der Waals surface area contributed by atoms with Crippen molar-refractivity contribution in [2.24, 2.45) is 0 Å². The van der Waals surface area contributed by atoms with Crippen LogP contribution >= 0.6 is 23.2 Å². The van der Waals surface area contributed by atoms with Crippen molar-refractivity contribution >= 4 is 58.8 Å². The van der Waals surface area contributed by atoms with Crippen LogP contribution in [0.4, 0.5) is 10.5 Å². The van der Waals surface area contributed by atoms with E-state index in [1.165, 1.54) is 30.3 Å². The molecule has 4 rings (SSSR count). The number of amides is 4. The molecule has 0 unspecified atom stereocenters. The van der Waals surface area contributed by atoms with E-state index in [0.717, 1.165) is 4.90 Å². The van der Waals surface area contributed by atoms with Gasteiger partial charge in [0.2, 0.25) is 0 Å². The zero-order valence-electron chi connectivity index (χ0n) is 16.9. The number of carbonyl (C=O) groups excluding carboxylic acids is 3. The number of carboxylic acids is 1. The average molecular weight is 485 g/mol. The van der Waals surface area contributed by atoms with Gasteiger partial charge in [-0.1, -0.05) is 29.3 Å². The fourth-order valence-corrected chi connectivity index (χ4v) is 3.65. The fraction of sp³-hybridized carbons (Fsp3) is 0.0435. The molecule has 10 heteroatoms. The van der Waals surface area contributed by atoms with Gasteiger partial charge in [-0.3, -0.25) is 14.9 Å². The predicted octanol–water partition coefficient (Wildman–Crippen LogP) is 4.93. The van der Waals surface area contributed by atoms with Crippen LogP contribution in [0.5, 0.6) is 0 Å². The number of benzene rings is 2. The van der Waals surface area contributed by atoms with E-state index in [-0.39, 0.29) is 27.6 Å². The minimum absolute atomic E-state index is 0.0747. The van der Waals surface area contributed by atoms with E-state index >= 15 is 0 Å². The van der Waals surface area contributed by atoms with Crippen LogP contribution in [-0.4, -0.2) is 28.9 Å². The highest BCUT2D eigenvalue weighted by Crippen LogP contribution is 2.31. The van der Waals surface area contributed by atoms with Crippen molar-refractivity contribution in [3.05, 3.63) is 81.0 Å². The Hall–Kier alpha value is -3.88. The zero-order chi connectivity index (χ0) is 23.9. The molecule has 0 spiro atoms. The third kappa shape index (κ3) is 4.13. The summed E-state index contributed by atoms with van der Waals surface area (Å²) in [5.41, 5.74) is 0.752. The van der Waals surface area contributed by atoms with E-state index in [0.29, 0.717) is 21.9 Å². The molecule has 2 heterocycles. The van der Waals surface area contributed by atoms with Gasteiger partial charge in [0.25, 0.3) is 11.8 Å². The highest BCUT2D eigenvalue weighted by molar-refractivity contribution is 6.40. The van der Waals surface area contributed by atoms with Crippen LogP contribution in [0.15, 0.2) is 58.5 Å². The van der Waals surface area contributed by atoms with Gasteiger partial charge in [-0.2, -0.15) is 0 Å². The fourth-order valence-electron chi connectivity index (χ4n) is 3.28. The largest absolute Gasteiger partial charge is 0.478 e. The summed E-state index contributed by atoms with van der Waals surface area (Å²) in [6.45, 7) is 1.65. The smallest absolute Gasteiger partial charge is 0.337 e. The highest BCUT2D eigenvalue weighted by Gasteiger charge is 2.37. The van der Waals surface area contributed by atoms with Crippen molar-refractivity contribution in [1.82, 2.24) is 5.32 Å². The number of anilines is 1. The normalized spacial score (nSPS) is 15.2. The second-order valence-electron chi connectivity index (χ2n) is 7.04. The molecule has 1 aromatic heterocycles. The third-order valence-electron chi connectivity index (χ3n) is 4.98. The number of furan rings is 1. The summed E-state index contributed by atoms with van der Waals surface area (Å²) in [4.78, 5) is 50.0. The molecule has 0 aliphatic carbocycles. The number of rotatable bonds is 4. The molecule has 1 fully saturated rings. The van der Waals surface area contributed by atoms with E-state index < -0.39 is 23.8 Å². The lowest BCUT2D eigenvalue weighted by Gasteiger charge is -2.27. The van der Waals surface area contributed by atoms with Gasteiger partial charge in [-0.25, -0.2) is 14.5 Å². The molecule has 2 aromatic carbocycles. The number of aromatic carboxylic acids is 1. The second-order valence-corrected chi connectivity index (χ2v) is 7.86. The summed E-state index contributed by atoms with van der Waals surface area (Å²) in [7, 11) is 0. The number of nitrogens with zero attached hydrogens (tertiary/aromatic N) is 1. The monoisotopic (exact) mass is 484 g/mol. The zero-order valence-corrected chi connectivity index (χ0v) is 18.4. The molecule has 3 aromatic rings. The summed E-state index contributed by atoms with van der Waals surface area (Å²) in [5.74, 6) is -2.47. The van der Waals surface area contributed by atoms with E-state index in [1.807, 2.05) is 0 Å². The Labute approximate surface area is 197 Å². The summed E-state index contributed by atoms with van der Waals surface area (Å²) in [6, 6.07) is 11.3. The topological polar surface area (TPSA) is 117 Å². The molecule has 8 nitrogen and oxygen atoms in total. The summed E-state index contributed by atoms with van der Waals surface area (Å²) >= 11 is 12.0. The van der Waals surface area contributed by atoms with Gasteiger partial charge >= 0.3 is 12.0 Å². The molecule has 1 saturated heterocycles. The van der Waals surface area contributed by atoms with E-state index in [9.17, 15) is 24.3 Å². The molecular formula is C23H14Cl2N2O6. The van der Waals surface area contributed by atoms with Crippen molar-refractivity contribution in [3.63, 3.8) is 0 Å². The van der Waals surface area contributed by atoms with Crippen LogP contribution in [0.3, 0.4) is 0 Å². The van der Waals surface area contributed by atoms with Crippen LogP contribution in [0.25, 0.3) is 17.4 Å². The Kier molecular flexibility index (Phi) is 5.80. The molecule has 0 saturated carbocycles. The maximum atomic E-state index is 13.1. The van der Waals surface area contributed by atoms with E-state index in [4.69, 9.17) is 27.6 Å². The standard InChI is InChI=1S/C23H14Cl2N2O6/c1-11-16(24)3-2-4-18(11)27-21(29)15(20(28)26-23(27)32)10-13-6-8-19(33-13)12-5-7-17(25)14(9-12)22(30)31/h2-10H,1H3,(H,30,31)(H,26,28,32). The predicted molar refractivity (Wildman–Crippen MR) is 121 cm³/mol. The first-order valence-corrected chi connectivity index (χ1v) is 10.2. The number of barbiturate groups is 1. The quantitative estimate of drug-likeness (QED) is 0.400. The number of carbonyl (C=O) groups is 4. The van der Waals surface area contributed by atoms with E-state index in [1.54, 1.807) is 31.2 Å². The van der Waals surface area contributed by atoms with Gasteiger partial charge < -0.3 is 9.52 Å². The number of urea groups is 1. The summed E-state index contributed by atoms with van der Waals surface area (Å²) in [5, 5.41) is 11.8. The highest BCUT2D eigenvalue weighted by atomic mass is 35.5. The Morgan fingerprint density at radius 1 is 1.06 bits per heavy atom. The molecule has 2 N–H and O–H groups in total. The van der Waals surface area contributed by atoms with Gasteiger partial charge in [0.05, 0.1) is 16.3 Å². The molecule has 1 aliphatic heterocycles. The molecule has 0 atom stereocenters. The van der Waals surface area contributed by atoms with Gasteiger partial charge in [0.1, 0.15) is 17.1 Å². The lowest BCUT2D eigenvalue weighted by atomic mass is 10.1. The van der Waals surface area contributed by atoms with Crippen molar-refractivity contribution in [1.29, 1.82) is 0 Å². The van der Waals surface area contributed by atoms with Crippen molar-refractivity contribution in [2.75, 3.05) is 4.90 Å². The minimum Gasteiger partial charge on any atom is -0.478 e. The van der Waals surface area contributed by atoms with Crippen molar-refractivity contribution < 1.29 is 28.7 Å². The summed E-state index contributed by atoms with van der Waals surface area (Å²) < 4.78 is 5.69. The van der Waals surface area contributed by atoms with Gasteiger partial charge in [0, 0.05) is 10.6 Å². The van der Waals surface area contributed by atoms with Crippen LogP contribution in [0.2, 0.25) is 10.0 Å². The van der Waals surface area contributed by atoms with Gasteiger partial charge in [-0.15, -0.1) is 0 Å². The minimum atomic E-state index is -1.19. The van der Waals surface area contributed by atoms with Gasteiger partial charge in [-0.05, 0) is 61.0 Å². The van der Waals surface area contributed by atoms with E-state index in [2.05, 4.69) is 5.32 Å². The maximum Gasteiger partial charge on any atom is 0.337 e. The molecule has 4 amide bonds. The first kappa shape index (κ1) is 22.3. The summed E-state index contributed by atoms with van der Waals surface area (Å²) in [6.07, 6.45) is 1.20. The Bertz CT molecular complexity index is 1380. The number of halogens is 2. The molecular weight excluding hydrogens is 471 g/mol. The molecule has 0 radical (unpaired) electrons. The Morgan fingerprint density at radius 2 is 1.82 bits per heavy atom. The number of imide groups is 2. The van der Waals surface area contributed by atoms with Crippen LogP contribution in [-0.2, 0) is 9.59 Å². The number of hydrogen-bond acceptors (Lipinski definition) is 5. The SMILES string of the molecule is Cc1c(Cl)cccc1N1C(=O)NC(=O)C(=Cc2ccc(-c3ccc(Cl)c(C(=O)O)c3)o2)C1=O. The van der Waals surface area contributed by atoms with Crippen molar-refractivity contribution in [3.8, 4) is 11.3 Å². The number of hydrogen-bond donors (Lipinski definition) is 2. The van der Waals surface area contributed by atoms with Crippen LogP contribution < -0.4 is 10.2 Å². The lowest BCUT2D eigenvalue weighted by molar-refractivity contribution is -0.122. The molecule has 0 bridgehead atoms. The second kappa shape index (κ2) is 8.57. The first-order chi connectivity index (χ1) is 15.7. The third-order valence-corrected chi connectivity index (χ3v) is 5.72. The maximum absolute atomic E-state index is 13.1. The van der Waals surface area contributed by atoms with Gasteiger partial charge in [0.15, 0.2) is 0 Å². The van der Waals surface area contributed by atoms with Crippen molar-refractivity contribution in [2.45, 2.75) is 6.92 Å². The number of nitrogens with one attached hydrogen (secondary N) is 1. The Morgan fingerprint density at radius 3 is 2.55 bits per heavy atom. The Balaban J connectivity index is 1.70. The van der Waals surface area contributed by atoms with Crippen LogP contribution in [0.1, 0.15) is 21.7 Å².